The second-order valence-electron chi connectivity index (χ2n) is 8.09. The van der Waals surface area contributed by atoms with E-state index in [0.717, 1.165) is 38.8 Å². The lowest BCUT2D eigenvalue weighted by Crippen LogP contribution is -3.14. The molecule has 0 spiro atoms. The molecule has 0 unspecified atom stereocenters. The van der Waals surface area contributed by atoms with Gasteiger partial charge in [0, 0.05) is 6.04 Å². The van der Waals surface area contributed by atoms with E-state index in [4.69, 9.17) is 4.74 Å². The van der Waals surface area contributed by atoms with Crippen LogP contribution in [0.25, 0.3) is 0 Å². The zero-order valence-corrected chi connectivity index (χ0v) is 13.8. The average Bonchev–Trinajstić information content (AvgIpc) is 2.79. The van der Waals surface area contributed by atoms with E-state index < -0.39 is 0 Å². The number of ether oxygens (including phenoxy) is 1. The van der Waals surface area contributed by atoms with Crippen molar-refractivity contribution in [1.82, 2.24) is 5.32 Å². The number of quaternary nitrogens is 1. The van der Waals surface area contributed by atoms with E-state index in [2.05, 4.69) is 26.1 Å². The standard InChI is InChI=1S/C17H30N2O2/c1-16(2)13-4-6-17(16,3)14(12-13)18-15(20)5-7-19-8-10-21-11-9-19/h13-14H,4-12H2,1-3H3,(H,18,20)/p+1/t13-,14-,17-/m1/s1. The molecule has 2 N–H and O–H groups in total. The maximum atomic E-state index is 12.3. The van der Waals surface area contributed by atoms with Crippen molar-refractivity contribution < 1.29 is 14.4 Å². The van der Waals surface area contributed by atoms with Gasteiger partial charge >= 0.3 is 0 Å². The van der Waals surface area contributed by atoms with Gasteiger partial charge in [-0.3, -0.25) is 4.79 Å². The second kappa shape index (κ2) is 5.54. The summed E-state index contributed by atoms with van der Waals surface area (Å²) in [6, 6.07) is 0.387. The maximum Gasteiger partial charge on any atom is 0.225 e. The molecule has 1 heterocycles. The first-order valence-corrected chi connectivity index (χ1v) is 8.64. The van der Waals surface area contributed by atoms with Crippen molar-refractivity contribution in [2.75, 3.05) is 32.8 Å². The first kappa shape index (κ1) is 15.3. The van der Waals surface area contributed by atoms with Crippen LogP contribution >= 0.6 is 0 Å². The van der Waals surface area contributed by atoms with Crippen molar-refractivity contribution in [2.45, 2.75) is 52.5 Å². The van der Waals surface area contributed by atoms with Crippen LogP contribution in [0.3, 0.4) is 0 Å². The molecule has 0 aromatic rings. The zero-order valence-electron chi connectivity index (χ0n) is 13.8. The number of morpholine rings is 1. The third-order valence-corrected chi connectivity index (χ3v) is 7.03. The van der Waals surface area contributed by atoms with E-state index in [1.807, 2.05) is 0 Å². The van der Waals surface area contributed by atoms with Gasteiger partial charge in [-0.25, -0.2) is 0 Å². The third kappa shape index (κ3) is 2.61. The summed E-state index contributed by atoms with van der Waals surface area (Å²) in [4.78, 5) is 13.8. The predicted molar refractivity (Wildman–Crippen MR) is 82.2 cm³/mol. The fourth-order valence-electron chi connectivity index (χ4n) is 4.89. The highest BCUT2D eigenvalue weighted by Gasteiger charge is 2.61. The van der Waals surface area contributed by atoms with Gasteiger partial charge in [-0.1, -0.05) is 20.8 Å². The Bertz CT molecular complexity index is 404. The largest absolute Gasteiger partial charge is 0.370 e. The molecule has 0 aromatic carbocycles. The van der Waals surface area contributed by atoms with Gasteiger partial charge < -0.3 is 15.0 Å². The lowest BCUT2D eigenvalue weighted by Gasteiger charge is -2.39. The molecule has 3 aliphatic rings. The van der Waals surface area contributed by atoms with Crippen LogP contribution in [0.1, 0.15) is 46.5 Å². The molecule has 2 aliphatic carbocycles. The number of carbonyl (C=O) groups excluding carboxylic acids is 1. The average molecular weight is 295 g/mol. The van der Waals surface area contributed by atoms with Crippen molar-refractivity contribution in [2.24, 2.45) is 16.7 Å². The SMILES string of the molecule is CC1(C)[C@@H]2CC[C@]1(C)[C@H](NC(=O)CC[NH+]1CCOCC1)C2. The number of rotatable bonds is 4. The number of hydrogen-bond donors (Lipinski definition) is 2. The van der Waals surface area contributed by atoms with Crippen molar-refractivity contribution in [3.8, 4) is 0 Å². The molecule has 3 rings (SSSR count). The first-order valence-electron chi connectivity index (χ1n) is 8.64. The Labute approximate surface area is 128 Å². The van der Waals surface area contributed by atoms with Crippen molar-refractivity contribution in [1.29, 1.82) is 0 Å². The molecule has 1 aliphatic heterocycles. The van der Waals surface area contributed by atoms with Crippen LogP contribution in [-0.4, -0.2) is 44.8 Å². The maximum absolute atomic E-state index is 12.3. The molecule has 4 heteroatoms. The minimum absolute atomic E-state index is 0.253. The lowest BCUT2D eigenvalue weighted by atomic mass is 9.69. The smallest absolute Gasteiger partial charge is 0.225 e. The van der Waals surface area contributed by atoms with Crippen LogP contribution in [-0.2, 0) is 9.53 Å². The van der Waals surface area contributed by atoms with E-state index in [9.17, 15) is 4.79 Å². The summed E-state index contributed by atoms with van der Waals surface area (Å²) in [7, 11) is 0. The molecule has 1 saturated heterocycles. The molecular weight excluding hydrogens is 264 g/mol. The Kier molecular flexibility index (Phi) is 4.04. The fraction of sp³-hybridized carbons (Fsp3) is 0.941. The Hall–Kier alpha value is -0.610. The van der Waals surface area contributed by atoms with Crippen LogP contribution in [0.2, 0.25) is 0 Å². The quantitative estimate of drug-likeness (QED) is 0.798. The van der Waals surface area contributed by atoms with Gasteiger partial charge in [-0.2, -0.15) is 0 Å². The van der Waals surface area contributed by atoms with E-state index in [-0.39, 0.29) is 5.91 Å². The van der Waals surface area contributed by atoms with Crippen molar-refractivity contribution in [3.63, 3.8) is 0 Å². The highest BCUT2D eigenvalue weighted by atomic mass is 16.5. The molecule has 3 atom stereocenters. The molecule has 2 bridgehead atoms. The fourth-order valence-corrected chi connectivity index (χ4v) is 4.89. The Morgan fingerprint density at radius 1 is 1.29 bits per heavy atom. The molecule has 1 amide bonds. The van der Waals surface area contributed by atoms with Crippen LogP contribution in [0, 0.1) is 16.7 Å². The van der Waals surface area contributed by atoms with Gasteiger partial charge in [-0.15, -0.1) is 0 Å². The number of fused-ring (bicyclic) bond motifs is 2. The van der Waals surface area contributed by atoms with Crippen LogP contribution in [0.15, 0.2) is 0 Å². The van der Waals surface area contributed by atoms with E-state index in [1.165, 1.54) is 24.2 Å². The topological polar surface area (TPSA) is 42.8 Å². The van der Waals surface area contributed by atoms with Gasteiger partial charge in [0.25, 0.3) is 0 Å². The Balaban J connectivity index is 1.49. The van der Waals surface area contributed by atoms with Crippen LogP contribution in [0.4, 0.5) is 0 Å². The Morgan fingerprint density at radius 2 is 2.00 bits per heavy atom. The summed E-state index contributed by atoms with van der Waals surface area (Å²) in [5, 5.41) is 3.36. The molecule has 2 saturated carbocycles. The van der Waals surface area contributed by atoms with Gasteiger partial charge in [-0.05, 0) is 36.0 Å². The monoisotopic (exact) mass is 295 g/mol. The highest BCUT2D eigenvalue weighted by Crippen LogP contribution is 2.65. The summed E-state index contributed by atoms with van der Waals surface area (Å²) in [5.41, 5.74) is 0.666. The van der Waals surface area contributed by atoms with E-state index >= 15 is 0 Å². The molecule has 4 nitrogen and oxygen atoms in total. The molecule has 120 valence electrons. The minimum Gasteiger partial charge on any atom is -0.370 e. The molecule has 0 radical (unpaired) electrons. The number of carbonyl (C=O) groups is 1. The third-order valence-electron chi connectivity index (χ3n) is 7.03. The Morgan fingerprint density at radius 3 is 2.57 bits per heavy atom. The van der Waals surface area contributed by atoms with E-state index in [0.29, 0.717) is 23.3 Å². The predicted octanol–water partition coefficient (Wildman–Crippen LogP) is 0.623. The number of hydrogen-bond acceptors (Lipinski definition) is 2. The molecule has 0 aromatic heterocycles. The summed E-state index contributed by atoms with van der Waals surface area (Å²) in [6.45, 7) is 11.9. The normalized spacial score (nSPS) is 38.6. The summed E-state index contributed by atoms with van der Waals surface area (Å²) < 4.78 is 5.36. The summed E-state index contributed by atoms with van der Waals surface area (Å²) >= 11 is 0. The lowest BCUT2D eigenvalue weighted by molar-refractivity contribution is -0.907. The minimum atomic E-state index is 0.253. The second-order valence-corrected chi connectivity index (χ2v) is 8.09. The summed E-state index contributed by atoms with van der Waals surface area (Å²) in [5.74, 6) is 1.04. The van der Waals surface area contributed by atoms with Crippen LogP contribution < -0.4 is 10.2 Å². The van der Waals surface area contributed by atoms with Gasteiger partial charge in [0.15, 0.2) is 0 Å². The van der Waals surface area contributed by atoms with Gasteiger partial charge in [0.05, 0.1) is 26.2 Å². The number of nitrogens with one attached hydrogen (secondary N) is 2. The van der Waals surface area contributed by atoms with Crippen molar-refractivity contribution in [3.05, 3.63) is 0 Å². The van der Waals surface area contributed by atoms with E-state index in [1.54, 1.807) is 0 Å². The zero-order chi connectivity index (χ0) is 15.1. The highest BCUT2D eigenvalue weighted by molar-refractivity contribution is 5.76. The van der Waals surface area contributed by atoms with Gasteiger partial charge in [0.2, 0.25) is 5.91 Å². The van der Waals surface area contributed by atoms with Crippen molar-refractivity contribution >= 4 is 5.91 Å². The van der Waals surface area contributed by atoms with Crippen LogP contribution in [0.5, 0.6) is 0 Å². The summed E-state index contributed by atoms with van der Waals surface area (Å²) in [6.07, 6.45) is 4.45. The first-order chi connectivity index (χ1) is 9.93. The van der Waals surface area contributed by atoms with Gasteiger partial charge in [0.1, 0.15) is 13.1 Å². The molecule has 3 fully saturated rings. The molecular formula is C17H31N2O2+. The molecule has 21 heavy (non-hydrogen) atoms. The number of amides is 1.